The SMILES string of the molecule is CC1(C)[C@]2(C(=O)NNc3ccccc3)CC[C@]1(C)C(=O)[C@H]2Br. The van der Waals surface area contributed by atoms with Crippen LogP contribution in [0.4, 0.5) is 5.69 Å². The monoisotopic (exact) mass is 364 g/mol. The van der Waals surface area contributed by atoms with E-state index in [-0.39, 0.29) is 17.1 Å². The number of ketones is 1. The number of benzene rings is 1. The Kier molecular flexibility index (Phi) is 3.40. The molecule has 2 bridgehead atoms. The van der Waals surface area contributed by atoms with E-state index in [2.05, 4.69) is 26.8 Å². The topological polar surface area (TPSA) is 58.2 Å². The van der Waals surface area contributed by atoms with Gasteiger partial charge in [0.15, 0.2) is 5.78 Å². The van der Waals surface area contributed by atoms with Gasteiger partial charge in [0.05, 0.1) is 15.9 Å². The number of carbonyl (C=O) groups is 2. The first-order valence-electron chi connectivity index (χ1n) is 7.57. The molecule has 2 fully saturated rings. The highest BCUT2D eigenvalue weighted by Gasteiger charge is 2.76. The van der Waals surface area contributed by atoms with Crippen molar-refractivity contribution in [3.05, 3.63) is 30.3 Å². The van der Waals surface area contributed by atoms with E-state index in [0.717, 1.165) is 18.5 Å². The Labute approximate surface area is 139 Å². The van der Waals surface area contributed by atoms with Crippen molar-refractivity contribution in [2.24, 2.45) is 16.2 Å². The quantitative estimate of drug-likeness (QED) is 0.638. The number of hydrazine groups is 1. The number of hydrogen-bond acceptors (Lipinski definition) is 3. The molecule has 1 aromatic carbocycles. The van der Waals surface area contributed by atoms with E-state index in [1.165, 1.54) is 0 Å². The van der Waals surface area contributed by atoms with Gasteiger partial charge in [0, 0.05) is 5.41 Å². The van der Waals surface area contributed by atoms with E-state index in [1.54, 1.807) is 0 Å². The zero-order valence-electron chi connectivity index (χ0n) is 13.1. The van der Waals surface area contributed by atoms with Crippen molar-refractivity contribution in [3.8, 4) is 0 Å². The minimum atomic E-state index is -0.708. The van der Waals surface area contributed by atoms with Gasteiger partial charge in [-0.05, 0) is 30.4 Å². The Morgan fingerprint density at radius 1 is 1.18 bits per heavy atom. The van der Waals surface area contributed by atoms with Crippen LogP contribution in [0.5, 0.6) is 0 Å². The van der Waals surface area contributed by atoms with Crippen LogP contribution in [-0.2, 0) is 9.59 Å². The second-order valence-electron chi connectivity index (χ2n) is 7.10. The van der Waals surface area contributed by atoms with Gasteiger partial charge in [-0.15, -0.1) is 0 Å². The number of Topliss-reactive ketones (excluding diaryl/α,β-unsaturated/α-hetero) is 1. The maximum atomic E-state index is 13.0. The summed E-state index contributed by atoms with van der Waals surface area (Å²) in [6.07, 6.45) is 1.49. The van der Waals surface area contributed by atoms with E-state index in [4.69, 9.17) is 0 Å². The fourth-order valence-electron chi connectivity index (χ4n) is 4.22. The Balaban J connectivity index is 1.87. The third-order valence-corrected chi connectivity index (χ3v) is 7.42. The maximum absolute atomic E-state index is 13.0. The summed E-state index contributed by atoms with van der Waals surface area (Å²) in [6.45, 7) is 6.08. The van der Waals surface area contributed by atoms with Gasteiger partial charge in [-0.2, -0.15) is 0 Å². The van der Waals surface area contributed by atoms with Gasteiger partial charge in [0.1, 0.15) is 0 Å². The number of nitrogens with one attached hydrogen (secondary N) is 2. The summed E-state index contributed by atoms with van der Waals surface area (Å²) < 4.78 is 0. The molecule has 2 aliphatic carbocycles. The molecule has 0 saturated heterocycles. The Morgan fingerprint density at radius 3 is 2.36 bits per heavy atom. The predicted molar refractivity (Wildman–Crippen MR) is 89.5 cm³/mol. The van der Waals surface area contributed by atoms with Gasteiger partial charge in [0.2, 0.25) is 5.91 Å². The Hall–Kier alpha value is -1.36. The third-order valence-electron chi connectivity index (χ3n) is 6.22. The molecule has 5 heteroatoms. The number of fused-ring (bicyclic) bond motifs is 2. The first kappa shape index (κ1) is 15.5. The summed E-state index contributed by atoms with van der Waals surface area (Å²) in [6, 6.07) is 9.48. The van der Waals surface area contributed by atoms with Gasteiger partial charge in [0.25, 0.3) is 0 Å². The molecule has 2 saturated carbocycles. The van der Waals surface area contributed by atoms with Gasteiger partial charge >= 0.3 is 0 Å². The van der Waals surface area contributed by atoms with Crippen molar-refractivity contribution in [3.63, 3.8) is 0 Å². The van der Waals surface area contributed by atoms with Gasteiger partial charge < -0.3 is 0 Å². The van der Waals surface area contributed by atoms with Crippen molar-refractivity contribution in [1.29, 1.82) is 0 Å². The zero-order chi connectivity index (χ0) is 16.2. The molecule has 118 valence electrons. The van der Waals surface area contributed by atoms with Crippen LogP contribution in [0.1, 0.15) is 33.6 Å². The highest BCUT2D eigenvalue weighted by atomic mass is 79.9. The molecule has 22 heavy (non-hydrogen) atoms. The Bertz CT molecular complexity index is 631. The molecule has 0 radical (unpaired) electrons. The van der Waals surface area contributed by atoms with E-state index in [9.17, 15) is 9.59 Å². The number of anilines is 1. The van der Waals surface area contributed by atoms with Crippen LogP contribution in [0.3, 0.4) is 0 Å². The molecule has 3 rings (SSSR count). The fraction of sp³-hybridized carbons (Fsp3) is 0.529. The van der Waals surface area contributed by atoms with Crippen LogP contribution >= 0.6 is 15.9 Å². The van der Waals surface area contributed by atoms with Crippen LogP contribution < -0.4 is 10.9 Å². The number of para-hydroxylation sites is 1. The number of carbonyl (C=O) groups excluding carboxylic acids is 2. The molecule has 4 nitrogen and oxygen atoms in total. The molecule has 1 amide bonds. The standard InChI is InChI=1S/C17H21BrN2O2/c1-15(2)16(3)9-10-17(15,12(18)13(16)21)14(22)20-19-11-7-5-4-6-8-11/h4-8,12,19H,9-10H2,1-3H3,(H,20,22)/t12-,16-,17-/m1/s1. The summed E-state index contributed by atoms with van der Waals surface area (Å²) in [5, 5.41) is 0. The van der Waals surface area contributed by atoms with Crippen LogP contribution in [0, 0.1) is 16.2 Å². The molecule has 2 aliphatic rings. The number of alkyl halides is 1. The first-order chi connectivity index (χ1) is 10.3. The average molecular weight is 365 g/mol. The lowest BCUT2D eigenvalue weighted by atomic mass is 9.64. The molecular formula is C17H21BrN2O2. The molecule has 1 aromatic rings. The minimum absolute atomic E-state index is 0.113. The largest absolute Gasteiger partial charge is 0.299 e. The van der Waals surface area contributed by atoms with Crippen molar-refractivity contribution in [2.45, 2.75) is 38.4 Å². The summed E-state index contributed by atoms with van der Waals surface area (Å²) in [5.41, 5.74) is 5.06. The van der Waals surface area contributed by atoms with Crippen molar-refractivity contribution >= 4 is 33.3 Å². The number of amides is 1. The molecule has 3 atom stereocenters. The minimum Gasteiger partial charge on any atom is -0.299 e. The molecule has 0 heterocycles. The molecule has 2 N–H and O–H groups in total. The highest BCUT2D eigenvalue weighted by molar-refractivity contribution is 9.10. The molecule has 0 unspecified atom stereocenters. The second kappa shape index (κ2) is 4.82. The van der Waals surface area contributed by atoms with Crippen molar-refractivity contribution < 1.29 is 9.59 Å². The fourth-order valence-corrected chi connectivity index (χ4v) is 5.73. The van der Waals surface area contributed by atoms with Gasteiger partial charge in [-0.25, -0.2) is 0 Å². The van der Waals surface area contributed by atoms with E-state index < -0.39 is 15.7 Å². The van der Waals surface area contributed by atoms with Crippen molar-refractivity contribution in [2.75, 3.05) is 5.43 Å². The lowest BCUT2D eigenvalue weighted by Crippen LogP contribution is -2.52. The normalized spacial score (nSPS) is 35.5. The highest BCUT2D eigenvalue weighted by Crippen LogP contribution is 2.72. The van der Waals surface area contributed by atoms with E-state index in [1.807, 2.05) is 51.1 Å². The number of rotatable bonds is 3. The van der Waals surface area contributed by atoms with Gasteiger partial charge in [-0.1, -0.05) is 54.9 Å². The smallest absolute Gasteiger partial charge is 0.246 e. The van der Waals surface area contributed by atoms with Crippen molar-refractivity contribution in [1.82, 2.24) is 5.43 Å². The molecule has 0 aromatic heterocycles. The summed E-state index contributed by atoms with van der Waals surface area (Å²) >= 11 is 3.52. The van der Waals surface area contributed by atoms with Gasteiger partial charge in [-0.3, -0.25) is 20.4 Å². The lowest BCUT2D eigenvalue weighted by Gasteiger charge is -2.39. The average Bonchev–Trinajstić information content (AvgIpc) is 2.78. The van der Waals surface area contributed by atoms with Crippen LogP contribution in [-0.4, -0.2) is 16.5 Å². The maximum Gasteiger partial charge on any atom is 0.246 e. The third kappa shape index (κ3) is 1.69. The number of hydrogen-bond donors (Lipinski definition) is 2. The summed E-state index contributed by atoms with van der Waals surface area (Å²) in [5.74, 6) is 0.0383. The zero-order valence-corrected chi connectivity index (χ0v) is 14.7. The summed E-state index contributed by atoms with van der Waals surface area (Å²) in [4.78, 5) is 25.2. The van der Waals surface area contributed by atoms with E-state index in [0.29, 0.717) is 0 Å². The van der Waals surface area contributed by atoms with Crippen LogP contribution in [0.25, 0.3) is 0 Å². The number of halogens is 1. The predicted octanol–water partition coefficient (Wildman–Crippen LogP) is 3.29. The van der Waals surface area contributed by atoms with Crippen LogP contribution in [0.2, 0.25) is 0 Å². The second-order valence-corrected chi connectivity index (χ2v) is 8.02. The molecular weight excluding hydrogens is 344 g/mol. The summed E-state index contributed by atoms with van der Waals surface area (Å²) in [7, 11) is 0. The first-order valence-corrected chi connectivity index (χ1v) is 8.49. The van der Waals surface area contributed by atoms with E-state index >= 15 is 0 Å². The Morgan fingerprint density at radius 2 is 1.82 bits per heavy atom. The molecule has 0 aliphatic heterocycles. The lowest BCUT2D eigenvalue weighted by molar-refractivity contribution is -0.135. The van der Waals surface area contributed by atoms with Crippen LogP contribution in [0.15, 0.2) is 30.3 Å². The molecule has 0 spiro atoms.